The van der Waals surface area contributed by atoms with Crippen LogP contribution in [0.5, 0.6) is 0 Å². The van der Waals surface area contributed by atoms with Crippen LogP contribution in [0.25, 0.3) is 0 Å². The Bertz CT molecular complexity index is 333. The van der Waals surface area contributed by atoms with Crippen LogP contribution in [-0.2, 0) is 0 Å². The average molecular weight is 268 g/mol. The lowest BCUT2D eigenvalue weighted by molar-refractivity contribution is 0.543. The summed E-state index contributed by atoms with van der Waals surface area (Å²) in [5.41, 5.74) is 7.37. The molecule has 1 unspecified atom stereocenters. The SMILES string of the molecule is CCCCCCCCCC(N)c1sc(C)nc1C. The highest BCUT2D eigenvalue weighted by Gasteiger charge is 2.12. The zero-order valence-corrected chi connectivity index (χ0v) is 13.0. The molecule has 0 aliphatic heterocycles. The number of hydrogen-bond acceptors (Lipinski definition) is 3. The van der Waals surface area contributed by atoms with Gasteiger partial charge in [0.2, 0.25) is 0 Å². The third kappa shape index (κ3) is 5.49. The molecule has 0 aliphatic rings. The van der Waals surface area contributed by atoms with Crippen molar-refractivity contribution in [3.8, 4) is 0 Å². The molecule has 1 rings (SSSR count). The number of unbranched alkanes of at least 4 members (excludes halogenated alkanes) is 6. The quantitative estimate of drug-likeness (QED) is 0.647. The van der Waals surface area contributed by atoms with Crippen molar-refractivity contribution in [3.05, 3.63) is 15.6 Å². The van der Waals surface area contributed by atoms with Gasteiger partial charge in [-0.05, 0) is 20.3 Å². The molecule has 1 aromatic rings. The van der Waals surface area contributed by atoms with Gasteiger partial charge in [-0.2, -0.15) is 0 Å². The largest absolute Gasteiger partial charge is 0.323 e. The molecule has 1 aromatic heterocycles. The standard InChI is InChI=1S/C15H28N2S/c1-4-5-6-7-8-9-10-11-14(16)15-12(2)17-13(3)18-15/h14H,4-11,16H2,1-3H3. The molecule has 0 amide bonds. The minimum absolute atomic E-state index is 0.201. The van der Waals surface area contributed by atoms with E-state index in [0.29, 0.717) is 0 Å². The van der Waals surface area contributed by atoms with Gasteiger partial charge in [-0.15, -0.1) is 11.3 Å². The van der Waals surface area contributed by atoms with Crippen LogP contribution in [0, 0.1) is 13.8 Å². The molecular weight excluding hydrogens is 240 g/mol. The molecular formula is C15H28N2S. The van der Waals surface area contributed by atoms with E-state index >= 15 is 0 Å². The van der Waals surface area contributed by atoms with Gasteiger partial charge in [0.1, 0.15) is 0 Å². The number of hydrogen-bond donors (Lipinski definition) is 1. The molecule has 0 radical (unpaired) electrons. The molecule has 0 fully saturated rings. The zero-order valence-electron chi connectivity index (χ0n) is 12.2. The highest BCUT2D eigenvalue weighted by molar-refractivity contribution is 7.11. The smallest absolute Gasteiger partial charge is 0.0900 e. The predicted octanol–water partition coefficient (Wildman–Crippen LogP) is 4.90. The normalized spacial score (nSPS) is 12.9. The maximum atomic E-state index is 6.24. The molecule has 104 valence electrons. The highest BCUT2D eigenvalue weighted by Crippen LogP contribution is 2.26. The van der Waals surface area contributed by atoms with Crippen LogP contribution in [0.2, 0.25) is 0 Å². The number of aryl methyl sites for hydroxylation is 2. The van der Waals surface area contributed by atoms with Crippen molar-refractivity contribution in [1.29, 1.82) is 0 Å². The van der Waals surface area contributed by atoms with Gasteiger partial charge in [-0.3, -0.25) is 0 Å². The van der Waals surface area contributed by atoms with Crippen LogP contribution in [-0.4, -0.2) is 4.98 Å². The van der Waals surface area contributed by atoms with Crippen LogP contribution < -0.4 is 5.73 Å². The molecule has 0 spiro atoms. The number of rotatable bonds is 9. The number of aromatic nitrogens is 1. The predicted molar refractivity (Wildman–Crippen MR) is 81.1 cm³/mol. The molecule has 0 aromatic carbocycles. The van der Waals surface area contributed by atoms with Gasteiger partial charge >= 0.3 is 0 Å². The van der Waals surface area contributed by atoms with Crippen LogP contribution in [0.4, 0.5) is 0 Å². The van der Waals surface area contributed by atoms with Crippen molar-refractivity contribution < 1.29 is 0 Å². The lowest BCUT2D eigenvalue weighted by Gasteiger charge is -2.10. The van der Waals surface area contributed by atoms with Gasteiger partial charge in [0.15, 0.2) is 0 Å². The van der Waals surface area contributed by atoms with Gasteiger partial charge in [-0.1, -0.05) is 51.9 Å². The van der Waals surface area contributed by atoms with E-state index < -0.39 is 0 Å². The third-order valence-electron chi connectivity index (χ3n) is 3.39. The number of nitrogens with zero attached hydrogens (tertiary/aromatic N) is 1. The Morgan fingerprint density at radius 1 is 1.06 bits per heavy atom. The fourth-order valence-electron chi connectivity index (χ4n) is 2.34. The van der Waals surface area contributed by atoms with Crippen LogP contribution in [0.1, 0.15) is 79.9 Å². The first-order valence-electron chi connectivity index (χ1n) is 7.34. The minimum Gasteiger partial charge on any atom is -0.323 e. The Morgan fingerprint density at radius 2 is 1.67 bits per heavy atom. The molecule has 1 atom stereocenters. The molecule has 0 aliphatic carbocycles. The average Bonchev–Trinajstić information content (AvgIpc) is 2.67. The Balaban J connectivity index is 2.14. The van der Waals surface area contributed by atoms with E-state index in [1.54, 1.807) is 11.3 Å². The zero-order chi connectivity index (χ0) is 13.4. The maximum Gasteiger partial charge on any atom is 0.0900 e. The Hall–Kier alpha value is -0.410. The lowest BCUT2D eigenvalue weighted by Crippen LogP contribution is -2.09. The molecule has 1 heterocycles. The second kappa shape index (κ2) is 8.65. The summed E-state index contributed by atoms with van der Waals surface area (Å²) >= 11 is 1.76. The number of nitrogens with two attached hydrogens (primary N) is 1. The lowest BCUT2D eigenvalue weighted by atomic mass is 10.0. The van der Waals surface area contributed by atoms with E-state index in [-0.39, 0.29) is 6.04 Å². The monoisotopic (exact) mass is 268 g/mol. The van der Waals surface area contributed by atoms with Gasteiger partial charge in [0, 0.05) is 10.9 Å². The molecule has 3 heteroatoms. The van der Waals surface area contributed by atoms with E-state index in [2.05, 4.69) is 25.8 Å². The summed E-state index contributed by atoms with van der Waals surface area (Å²) < 4.78 is 0. The van der Waals surface area contributed by atoms with E-state index in [0.717, 1.165) is 17.1 Å². The number of thiazole rings is 1. The Morgan fingerprint density at radius 3 is 2.22 bits per heavy atom. The molecule has 2 nitrogen and oxygen atoms in total. The highest BCUT2D eigenvalue weighted by atomic mass is 32.1. The van der Waals surface area contributed by atoms with E-state index in [1.807, 2.05) is 0 Å². The summed E-state index contributed by atoms with van der Waals surface area (Å²) in [5.74, 6) is 0. The van der Waals surface area contributed by atoms with Crippen molar-refractivity contribution >= 4 is 11.3 Å². The molecule has 0 saturated heterocycles. The summed E-state index contributed by atoms with van der Waals surface area (Å²) in [6, 6.07) is 0.201. The van der Waals surface area contributed by atoms with Crippen molar-refractivity contribution in [2.75, 3.05) is 0 Å². The molecule has 18 heavy (non-hydrogen) atoms. The second-order valence-electron chi connectivity index (χ2n) is 5.20. The first-order valence-corrected chi connectivity index (χ1v) is 8.16. The van der Waals surface area contributed by atoms with Gasteiger partial charge in [0.25, 0.3) is 0 Å². The summed E-state index contributed by atoms with van der Waals surface area (Å²) in [7, 11) is 0. The maximum absolute atomic E-state index is 6.24. The van der Waals surface area contributed by atoms with Crippen molar-refractivity contribution in [3.63, 3.8) is 0 Å². The van der Waals surface area contributed by atoms with Crippen molar-refractivity contribution in [1.82, 2.24) is 4.98 Å². The summed E-state index contributed by atoms with van der Waals surface area (Å²) in [6.07, 6.45) is 10.6. The Kier molecular flexibility index (Phi) is 7.52. The van der Waals surface area contributed by atoms with E-state index in [1.165, 1.54) is 49.8 Å². The topological polar surface area (TPSA) is 38.9 Å². The van der Waals surface area contributed by atoms with E-state index in [4.69, 9.17) is 5.73 Å². The fraction of sp³-hybridized carbons (Fsp3) is 0.800. The van der Waals surface area contributed by atoms with Crippen LogP contribution >= 0.6 is 11.3 Å². The second-order valence-corrected chi connectivity index (χ2v) is 6.43. The van der Waals surface area contributed by atoms with Crippen molar-refractivity contribution in [2.45, 2.75) is 78.2 Å². The molecule has 2 N–H and O–H groups in total. The first kappa shape index (κ1) is 15.6. The van der Waals surface area contributed by atoms with Crippen LogP contribution in [0.3, 0.4) is 0 Å². The molecule has 0 bridgehead atoms. The van der Waals surface area contributed by atoms with E-state index in [9.17, 15) is 0 Å². The minimum atomic E-state index is 0.201. The van der Waals surface area contributed by atoms with Crippen molar-refractivity contribution in [2.24, 2.45) is 5.73 Å². The van der Waals surface area contributed by atoms with Crippen LogP contribution in [0.15, 0.2) is 0 Å². The first-order chi connectivity index (χ1) is 8.65. The fourth-order valence-corrected chi connectivity index (χ4v) is 3.31. The van der Waals surface area contributed by atoms with Gasteiger partial charge in [-0.25, -0.2) is 4.98 Å². The summed E-state index contributed by atoms with van der Waals surface area (Å²) in [5, 5.41) is 1.14. The molecule has 0 saturated carbocycles. The summed E-state index contributed by atoms with van der Waals surface area (Å²) in [6.45, 7) is 6.39. The summed E-state index contributed by atoms with van der Waals surface area (Å²) in [4.78, 5) is 5.74. The van der Waals surface area contributed by atoms with Gasteiger partial charge in [0.05, 0.1) is 10.7 Å². The Labute approximate surface area is 116 Å². The third-order valence-corrected chi connectivity index (χ3v) is 4.60. The van der Waals surface area contributed by atoms with Gasteiger partial charge < -0.3 is 5.73 Å².